The minimum Gasteiger partial charge on any atom is -0.485 e. The highest BCUT2D eigenvalue weighted by Crippen LogP contribution is 2.20. The van der Waals surface area contributed by atoms with Crippen LogP contribution in [0.4, 0.5) is 4.39 Å². The highest BCUT2D eigenvalue weighted by molar-refractivity contribution is 5.24. The third-order valence-corrected chi connectivity index (χ3v) is 1.25. The van der Waals surface area contributed by atoms with Crippen LogP contribution in [-0.4, -0.2) is 5.60 Å². The van der Waals surface area contributed by atoms with Crippen LogP contribution in [0.25, 0.3) is 0 Å². The molecular formula is C12H19FO. The summed E-state index contributed by atoms with van der Waals surface area (Å²) in [6.45, 7) is 9.67. The fraction of sp³-hybridized carbons (Fsp3) is 0.500. The third kappa shape index (κ3) is 4.85. The first-order chi connectivity index (χ1) is 6.49. The van der Waals surface area contributed by atoms with Crippen LogP contribution in [0.3, 0.4) is 0 Å². The van der Waals surface area contributed by atoms with Crippen molar-refractivity contribution in [3.8, 4) is 5.75 Å². The summed E-state index contributed by atoms with van der Waals surface area (Å²) in [5, 5.41) is 0. The molecule has 0 N–H and O–H groups in total. The number of benzene rings is 1. The van der Waals surface area contributed by atoms with E-state index in [-0.39, 0.29) is 11.4 Å². The molecule has 1 aromatic carbocycles. The van der Waals surface area contributed by atoms with Crippen molar-refractivity contribution in [1.82, 2.24) is 0 Å². The van der Waals surface area contributed by atoms with Gasteiger partial charge in [-0.3, -0.25) is 0 Å². The van der Waals surface area contributed by atoms with Crippen molar-refractivity contribution in [2.75, 3.05) is 0 Å². The number of rotatable bonds is 1. The van der Waals surface area contributed by atoms with Gasteiger partial charge in [0.2, 0.25) is 0 Å². The minimum absolute atomic E-state index is 0.310. The quantitative estimate of drug-likeness (QED) is 0.662. The van der Waals surface area contributed by atoms with E-state index >= 15 is 0 Å². The molecule has 0 aliphatic carbocycles. The molecule has 0 bridgehead atoms. The van der Waals surface area contributed by atoms with E-state index in [9.17, 15) is 4.39 Å². The summed E-state index contributed by atoms with van der Waals surface area (Å²) >= 11 is 0. The molecule has 1 nitrogen and oxygen atoms in total. The van der Waals surface area contributed by atoms with Gasteiger partial charge in [-0.25, -0.2) is 4.39 Å². The first kappa shape index (κ1) is 12.9. The van der Waals surface area contributed by atoms with Crippen molar-refractivity contribution >= 4 is 0 Å². The maximum Gasteiger partial charge on any atom is 0.165 e. The van der Waals surface area contributed by atoms with Crippen molar-refractivity contribution < 1.29 is 9.13 Å². The largest absolute Gasteiger partial charge is 0.485 e. The second kappa shape index (κ2) is 5.63. The molecule has 0 saturated carbocycles. The average Bonchev–Trinajstić information content (AvgIpc) is 2.10. The van der Waals surface area contributed by atoms with Gasteiger partial charge in [0.05, 0.1) is 0 Å². The number of halogens is 1. The molecule has 0 radical (unpaired) electrons. The van der Waals surface area contributed by atoms with E-state index in [1.54, 1.807) is 18.2 Å². The van der Waals surface area contributed by atoms with E-state index in [0.717, 1.165) is 0 Å². The van der Waals surface area contributed by atoms with Gasteiger partial charge in [0.15, 0.2) is 11.6 Å². The Morgan fingerprint density at radius 1 is 1.07 bits per heavy atom. The van der Waals surface area contributed by atoms with Gasteiger partial charge < -0.3 is 4.74 Å². The Morgan fingerprint density at radius 3 is 2.00 bits per heavy atom. The second-order valence-corrected chi connectivity index (χ2v) is 3.64. The summed E-state index contributed by atoms with van der Waals surface area (Å²) in [6, 6.07) is 6.41. The smallest absolute Gasteiger partial charge is 0.165 e. The molecule has 0 spiro atoms. The molecule has 0 aliphatic heterocycles. The van der Waals surface area contributed by atoms with E-state index in [0.29, 0.717) is 5.75 Å². The van der Waals surface area contributed by atoms with Crippen LogP contribution in [0.1, 0.15) is 34.6 Å². The minimum atomic E-state index is -0.345. The van der Waals surface area contributed by atoms with Crippen LogP contribution in [0.2, 0.25) is 0 Å². The van der Waals surface area contributed by atoms with Gasteiger partial charge in [0.25, 0.3) is 0 Å². The van der Waals surface area contributed by atoms with Crippen LogP contribution in [0, 0.1) is 5.82 Å². The zero-order valence-corrected chi connectivity index (χ0v) is 9.60. The SMILES string of the molecule is CC.CC(C)(C)Oc1ccccc1F. The van der Waals surface area contributed by atoms with Crippen LogP contribution in [0.5, 0.6) is 5.75 Å². The highest BCUT2D eigenvalue weighted by Gasteiger charge is 2.13. The Bertz CT molecular complexity index is 263. The molecule has 0 unspecified atom stereocenters. The summed E-state index contributed by atoms with van der Waals surface area (Å²) in [4.78, 5) is 0. The Hall–Kier alpha value is -1.05. The van der Waals surface area contributed by atoms with Gasteiger partial charge in [0.1, 0.15) is 5.60 Å². The number of para-hydroxylation sites is 1. The molecule has 0 aromatic heterocycles. The van der Waals surface area contributed by atoms with Crippen molar-refractivity contribution in [3.05, 3.63) is 30.1 Å². The van der Waals surface area contributed by atoms with E-state index in [1.165, 1.54) is 6.07 Å². The van der Waals surface area contributed by atoms with E-state index in [4.69, 9.17) is 4.74 Å². The molecular weight excluding hydrogens is 179 g/mol. The first-order valence-electron chi connectivity index (χ1n) is 4.92. The lowest BCUT2D eigenvalue weighted by atomic mass is 10.2. The topological polar surface area (TPSA) is 9.23 Å². The van der Waals surface area contributed by atoms with E-state index < -0.39 is 0 Å². The van der Waals surface area contributed by atoms with Gasteiger partial charge in [-0.15, -0.1) is 0 Å². The predicted molar refractivity (Wildman–Crippen MR) is 58.1 cm³/mol. The normalized spacial score (nSPS) is 10.1. The molecule has 0 amide bonds. The Morgan fingerprint density at radius 2 is 1.57 bits per heavy atom. The lowest BCUT2D eigenvalue weighted by Gasteiger charge is -2.21. The summed E-state index contributed by atoms with van der Waals surface area (Å²) < 4.78 is 18.4. The molecule has 1 rings (SSSR count). The van der Waals surface area contributed by atoms with Crippen molar-refractivity contribution in [2.45, 2.75) is 40.2 Å². The van der Waals surface area contributed by atoms with Crippen LogP contribution >= 0.6 is 0 Å². The van der Waals surface area contributed by atoms with Crippen molar-refractivity contribution in [3.63, 3.8) is 0 Å². The van der Waals surface area contributed by atoms with Crippen molar-refractivity contribution in [2.24, 2.45) is 0 Å². The van der Waals surface area contributed by atoms with Gasteiger partial charge in [-0.1, -0.05) is 26.0 Å². The zero-order valence-electron chi connectivity index (χ0n) is 9.60. The van der Waals surface area contributed by atoms with Gasteiger partial charge in [-0.05, 0) is 32.9 Å². The average molecular weight is 198 g/mol. The first-order valence-corrected chi connectivity index (χ1v) is 4.92. The molecule has 0 aliphatic rings. The van der Waals surface area contributed by atoms with Gasteiger partial charge in [-0.2, -0.15) is 0 Å². The maximum atomic E-state index is 13.0. The molecule has 0 saturated heterocycles. The standard InChI is InChI=1S/C10H13FO.C2H6/c1-10(2,3)12-9-7-5-4-6-8(9)11;1-2/h4-7H,1-3H3;1-2H3. The second-order valence-electron chi connectivity index (χ2n) is 3.64. The Kier molecular flexibility index (Phi) is 5.21. The number of ether oxygens (including phenoxy) is 1. The molecule has 80 valence electrons. The number of hydrogen-bond acceptors (Lipinski definition) is 1. The predicted octanol–water partition coefficient (Wildman–Crippen LogP) is 4.03. The summed E-state index contributed by atoms with van der Waals surface area (Å²) in [6.07, 6.45) is 0. The van der Waals surface area contributed by atoms with Crippen LogP contribution < -0.4 is 4.74 Å². The van der Waals surface area contributed by atoms with Crippen LogP contribution in [0.15, 0.2) is 24.3 Å². The molecule has 1 aromatic rings. The highest BCUT2D eigenvalue weighted by atomic mass is 19.1. The fourth-order valence-corrected chi connectivity index (χ4v) is 0.857. The monoisotopic (exact) mass is 198 g/mol. The zero-order chi connectivity index (χ0) is 11.2. The molecule has 0 fully saturated rings. The molecule has 2 heteroatoms. The molecule has 0 atom stereocenters. The molecule has 14 heavy (non-hydrogen) atoms. The summed E-state index contributed by atoms with van der Waals surface area (Å²) in [5.41, 5.74) is -0.345. The third-order valence-electron chi connectivity index (χ3n) is 1.25. The Balaban J connectivity index is 0.000000791. The van der Waals surface area contributed by atoms with E-state index in [2.05, 4.69) is 0 Å². The fourth-order valence-electron chi connectivity index (χ4n) is 0.857. The van der Waals surface area contributed by atoms with Crippen molar-refractivity contribution in [1.29, 1.82) is 0 Å². The number of hydrogen-bond donors (Lipinski definition) is 0. The lowest BCUT2D eigenvalue weighted by Crippen LogP contribution is -2.23. The lowest BCUT2D eigenvalue weighted by molar-refractivity contribution is 0.124. The van der Waals surface area contributed by atoms with Gasteiger partial charge in [0, 0.05) is 0 Å². The molecule has 0 heterocycles. The Labute approximate surface area is 85.9 Å². The summed E-state index contributed by atoms with van der Waals surface area (Å²) in [5.74, 6) is -0.00238. The van der Waals surface area contributed by atoms with Crippen LogP contribution in [-0.2, 0) is 0 Å². The summed E-state index contributed by atoms with van der Waals surface area (Å²) in [7, 11) is 0. The maximum absolute atomic E-state index is 13.0. The van der Waals surface area contributed by atoms with Gasteiger partial charge >= 0.3 is 0 Å². The van der Waals surface area contributed by atoms with E-state index in [1.807, 2.05) is 34.6 Å².